The third-order valence-electron chi connectivity index (χ3n) is 12.4. The van der Waals surface area contributed by atoms with Gasteiger partial charge in [0.25, 0.3) is 0 Å². The van der Waals surface area contributed by atoms with E-state index >= 15 is 0 Å². The second kappa shape index (κ2) is 10.7. The van der Waals surface area contributed by atoms with E-state index in [2.05, 4.69) is 172 Å². The van der Waals surface area contributed by atoms with Crippen molar-refractivity contribution in [1.82, 2.24) is 9.24 Å². The smallest absolute Gasteiger partial charge is 0.317 e. The molecule has 4 aliphatic rings. The fraction of sp³-hybridized carbons (Fsp3) is 0.0392. The maximum Gasteiger partial charge on any atom is 0.317 e. The second-order valence-corrected chi connectivity index (χ2v) is 15.1. The Hall–Kier alpha value is -7.26. The van der Waals surface area contributed by atoms with Gasteiger partial charge in [0.15, 0.2) is 0 Å². The first-order chi connectivity index (χ1) is 27.3. The van der Waals surface area contributed by atoms with Gasteiger partial charge in [-0.15, -0.1) is 0 Å². The van der Waals surface area contributed by atoms with Crippen LogP contribution in [0.4, 0.5) is 11.4 Å². The molecular weight excluding hydrogens is 669 g/mol. The summed E-state index contributed by atoms with van der Waals surface area (Å²) in [6.45, 7) is 0. The topological polar surface area (TPSA) is 34.6 Å². The van der Waals surface area contributed by atoms with Crippen molar-refractivity contribution in [1.29, 1.82) is 0 Å². The molecule has 0 fully saturated rings. The Morgan fingerprint density at radius 1 is 0.545 bits per heavy atom. The number of benzene rings is 8. The van der Waals surface area contributed by atoms with Crippen molar-refractivity contribution in [2.75, 3.05) is 4.90 Å². The zero-order valence-electron chi connectivity index (χ0n) is 29.7. The molecule has 13 rings (SSSR count). The molecule has 3 aliphatic heterocycles. The summed E-state index contributed by atoms with van der Waals surface area (Å²) in [4.78, 5) is 7.25. The molecule has 2 atom stereocenters. The fourth-order valence-electron chi connectivity index (χ4n) is 10.1. The van der Waals surface area contributed by atoms with Gasteiger partial charge in [-0.1, -0.05) is 132 Å². The summed E-state index contributed by atoms with van der Waals surface area (Å²) in [7, 11) is 0. The lowest BCUT2D eigenvalue weighted by molar-refractivity contribution is 0.780. The molecule has 4 heteroatoms. The van der Waals surface area contributed by atoms with Crippen LogP contribution >= 0.6 is 0 Å². The maximum absolute atomic E-state index is 4.71. The summed E-state index contributed by atoms with van der Waals surface area (Å²) in [6, 6.07) is 54.3. The highest BCUT2D eigenvalue weighted by Crippen LogP contribution is 2.53. The van der Waals surface area contributed by atoms with Crippen molar-refractivity contribution in [2.24, 2.45) is 4.99 Å². The van der Waals surface area contributed by atoms with Crippen LogP contribution in [0.1, 0.15) is 22.7 Å². The Morgan fingerprint density at radius 3 is 2.15 bits per heavy atom. The largest absolute Gasteiger partial charge is 0.333 e. The first kappa shape index (κ1) is 29.2. The Morgan fingerprint density at radius 2 is 1.25 bits per heavy atom. The Bertz CT molecular complexity index is 3300. The number of fused-ring (bicyclic) bond motifs is 13. The predicted molar refractivity (Wildman–Crippen MR) is 231 cm³/mol. The molecule has 0 spiro atoms. The molecule has 0 amide bonds. The van der Waals surface area contributed by atoms with E-state index < -0.39 is 0 Å². The second-order valence-electron chi connectivity index (χ2n) is 15.1. The van der Waals surface area contributed by atoms with Crippen LogP contribution in [-0.4, -0.2) is 29.3 Å². The average molecular weight is 700 g/mol. The lowest BCUT2D eigenvalue weighted by Gasteiger charge is -2.30. The molecule has 2 unspecified atom stereocenters. The Balaban J connectivity index is 1.14. The van der Waals surface area contributed by atoms with E-state index in [1.807, 2.05) is 18.6 Å². The number of hydrogen-bond donors (Lipinski definition) is 0. The minimum atomic E-state index is 0.0894. The van der Waals surface area contributed by atoms with Crippen molar-refractivity contribution in [3.05, 3.63) is 175 Å². The predicted octanol–water partition coefficient (Wildman–Crippen LogP) is 11.5. The molecule has 55 heavy (non-hydrogen) atoms. The van der Waals surface area contributed by atoms with Crippen LogP contribution in [0.3, 0.4) is 0 Å². The van der Waals surface area contributed by atoms with Gasteiger partial charge >= 0.3 is 12.4 Å². The summed E-state index contributed by atoms with van der Waals surface area (Å²) >= 11 is 0. The van der Waals surface area contributed by atoms with E-state index in [4.69, 9.17) is 4.67 Å². The number of aliphatic imine (C=N–C) groups is 1. The van der Waals surface area contributed by atoms with E-state index in [1.54, 1.807) is 0 Å². The van der Waals surface area contributed by atoms with E-state index in [0.29, 0.717) is 0 Å². The van der Waals surface area contributed by atoms with Crippen LogP contribution in [0, 0.1) is 0 Å². The van der Waals surface area contributed by atoms with Gasteiger partial charge in [0.2, 0.25) is 0 Å². The monoisotopic (exact) mass is 699 g/mol. The van der Waals surface area contributed by atoms with Gasteiger partial charge in [0, 0.05) is 45.9 Å². The van der Waals surface area contributed by atoms with E-state index in [9.17, 15) is 0 Å². The minimum absolute atomic E-state index is 0.0894. The maximum atomic E-state index is 4.71. The van der Waals surface area contributed by atoms with Gasteiger partial charge < -0.3 is 9.47 Å². The molecular formula is C51H31N4+. The molecule has 0 saturated heterocycles. The molecule has 0 bridgehead atoms. The van der Waals surface area contributed by atoms with Gasteiger partial charge in [-0.3, -0.25) is 4.99 Å². The quantitative estimate of drug-likeness (QED) is 0.169. The highest BCUT2D eigenvalue weighted by molar-refractivity contribution is 6.20. The molecule has 1 aliphatic carbocycles. The molecule has 254 valence electrons. The van der Waals surface area contributed by atoms with Crippen LogP contribution < -0.4 is 9.57 Å². The summed E-state index contributed by atoms with van der Waals surface area (Å²) in [5, 5.41) is 8.76. The first-order valence-electron chi connectivity index (χ1n) is 19.0. The van der Waals surface area contributed by atoms with Crippen LogP contribution in [0.2, 0.25) is 0 Å². The third-order valence-corrected chi connectivity index (χ3v) is 12.4. The molecule has 9 aromatic rings. The minimum Gasteiger partial charge on any atom is -0.333 e. The van der Waals surface area contributed by atoms with Crippen molar-refractivity contribution in [3.63, 3.8) is 0 Å². The van der Waals surface area contributed by atoms with Crippen LogP contribution in [0.5, 0.6) is 0 Å². The van der Waals surface area contributed by atoms with Gasteiger partial charge in [-0.05, 0) is 84.8 Å². The zero-order chi connectivity index (χ0) is 35.8. The summed E-state index contributed by atoms with van der Waals surface area (Å²) in [5.74, 6) is 0.148. The fourth-order valence-corrected chi connectivity index (χ4v) is 10.1. The summed E-state index contributed by atoms with van der Waals surface area (Å²) in [5.41, 5.74) is 16.0. The number of rotatable bonds is 3. The number of anilines is 2. The van der Waals surface area contributed by atoms with Crippen LogP contribution in [0.15, 0.2) is 163 Å². The Labute approximate surface area is 317 Å². The van der Waals surface area contributed by atoms with E-state index in [1.165, 1.54) is 93.4 Å². The summed E-state index contributed by atoms with van der Waals surface area (Å²) in [6.07, 6.45) is 10.4. The SMILES string of the molecule is C1=CC2C(C=N1)c1ccc3ccccc3c1N2c1cc(-c2ccc3c4c(cccc24)-c2ccccc2-3)cc(-n2c3c(c4ccc5ccccc5c42)C=[N+]=C3)c1. The molecule has 0 N–H and O–H groups in total. The number of aromatic nitrogens is 1. The van der Waals surface area contributed by atoms with Gasteiger partial charge in [-0.2, -0.15) is 0 Å². The molecule has 0 radical (unpaired) electrons. The third kappa shape index (κ3) is 3.86. The lowest BCUT2D eigenvalue weighted by Crippen LogP contribution is -2.30. The Kier molecular flexibility index (Phi) is 5.67. The molecule has 1 aromatic heterocycles. The van der Waals surface area contributed by atoms with Crippen molar-refractivity contribution < 1.29 is 0 Å². The lowest BCUT2D eigenvalue weighted by atomic mass is 9.93. The van der Waals surface area contributed by atoms with Gasteiger partial charge in [0.1, 0.15) is 5.69 Å². The number of nitrogens with zero attached hydrogens (tertiary/aromatic N) is 4. The normalized spacial score (nSPS) is 16.8. The molecule has 0 saturated carbocycles. The van der Waals surface area contributed by atoms with Crippen molar-refractivity contribution in [2.45, 2.75) is 12.0 Å². The molecule has 8 aromatic carbocycles. The van der Waals surface area contributed by atoms with Gasteiger partial charge in [0.05, 0.1) is 22.8 Å². The molecule has 4 nitrogen and oxygen atoms in total. The van der Waals surface area contributed by atoms with E-state index in [-0.39, 0.29) is 12.0 Å². The standard InChI is InChI=1S/C51H31N4/c1-3-10-36-30(8-1)16-18-43-45-27-52-23-22-47(45)54(50(36)43)33-24-32(35-20-21-42-39-13-6-5-12-38(39)41-15-7-14-40(35)49(41)42)25-34(26-33)55-48-29-53-28-46(48)44-19-17-31-9-2-4-11-37(31)51(44)55/h1-29,45,47H/q+1. The average Bonchev–Trinajstić information content (AvgIpc) is 4.01. The first-order valence-corrected chi connectivity index (χ1v) is 19.0. The van der Waals surface area contributed by atoms with E-state index in [0.717, 1.165) is 17.1 Å². The zero-order valence-corrected chi connectivity index (χ0v) is 29.7. The number of hydrogen-bond acceptors (Lipinski definition) is 2. The van der Waals surface area contributed by atoms with Crippen molar-refractivity contribution >= 4 is 73.2 Å². The molecule has 4 heterocycles. The summed E-state index contributed by atoms with van der Waals surface area (Å²) < 4.78 is 7.17. The van der Waals surface area contributed by atoms with Crippen LogP contribution in [-0.2, 0) is 0 Å². The van der Waals surface area contributed by atoms with Crippen molar-refractivity contribution in [3.8, 4) is 39.1 Å². The highest BCUT2D eigenvalue weighted by Gasteiger charge is 2.40. The van der Waals surface area contributed by atoms with Crippen LogP contribution in [0.25, 0.3) is 82.3 Å². The highest BCUT2D eigenvalue weighted by atomic mass is 15.2. The van der Waals surface area contributed by atoms with Gasteiger partial charge in [-0.25, -0.2) is 0 Å².